The second-order valence-electron chi connectivity index (χ2n) is 6.06. The summed E-state index contributed by atoms with van der Waals surface area (Å²) in [6.07, 6.45) is 7.06. The molecule has 0 fully saturated rings. The summed E-state index contributed by atoms with van der Waals surface area (Å²) < 4.78 is 7.98. The van der Waals surface area contributed by atoms with Crippen LogP contribution in [-0.2, 0) is 6.54 Å². The van der Waals surface area contributed by atoms with Crippen LogP contribution in [0.25, 0.3) is 5.57 Å². The van der Waals surface area contributed by atoms with Gasteiger partial charge in [-0.3, -0.25) is 9.48 Å². The van der Waals surface area contributed by atoms with Gasteiger partial charge in [-0.2, -0.15) is 5.10 Å². The van der Waals surface area contributed by atoms with Gasteiger partial charge in [0.1, 0.15) is 18.1 Å². The summed E-state index contributed by atoms with van der Waals surface area (Å²) in [7, 11) is 0. The van der Waals surface area contributed by atoms with Crippen LogP contribution in [0.4, 0.5) is 0 Å². The van der Waals surface area contributed by atoms with Gasteiger partial charge >= 0.3 is 0 Å². The van der Waals surface area contributed by atoms with E-state index in [1.165, 1.54) is 29.7 Å². The monoisotopic (exact) mass is 325 g/mol. The van der Waals surface area contributed by atoms with Crippen LogP contribution in [0.1, 0.15) is 54.5 Å². The molecule has 2 aromatic heterocycles. The third-order valence-electron chi connectivity index (χ3n) is 4.45. The number of carbonyl (C=O) groups is 1. The number of pyridine rings is 1. The quantitative estimate of drug-likeness (QED) is 0.758. The second kappa shape index (κ2) is 7.43. The Morgan fingerprint density at radius 3 is 2.88 bits per heavy atom. The molecule has 3 rings (SSSR count). The molecule has 0 saturated carbocycles. The van der Waals surface area contributed by atoms with Gasteiger partial charge in [-0.1, -0.05) is 0 Å². The molecule has 0 amide bonds. The van der Waals surface area contributed by atoms with Gasteiger partial charge in [-0.15, -0.1) is 0 Å². The Bertz CT molecular complexity index is 762. The molecule has 0 spiro atoms. The third-order valence-corrected chi connectivity index (χ3v) is 4.45. The van der Waals surface area contributed by atoms with Gasteiger partial charge in [0.05, 0.1) is 5.69 Å². The Hall–Kier alpha value is -2.43. The minimum Gasteiger partial charge on any atom is -0.487 e. The lowest BCUT2D eigenvalue weighted by Crippen LogP contribution is -2.12. The molecule has 1 aliphatic carbocycles. The summed E-state index contributed by atoms with van der Waals surface area (Å²) in [5, 5.41) is 4.39. The molecule has 0 atom stereocenters. The van der Waals surface area contributed by atoms with E-state index in [1.54, 1.807) is 0 Å². The summed E-state index contributed by atoms with van der Waals surface area (Å²) in [5.74, 6) is 0.553. The van der Waals surface area contributed by atoms with Crippen molar-refractivity contribution in [3.63, 3.8) is 0 Å². The highest BCUT2D eigenvalue weighted by Crippen LogP contribution is 2.32. The van der Waals surface area contributed by atoms with Gasteiger partial charge in [0.2, 0.25) is 0 Å². The molecule has 2 heterocycles. The number of hydrogen-bond donors (Lipinski definition) is 0. The molecular weight excluding hydrogens is 302 g/mol. The van der Waals surface area contributed by atoms with E-state index >= 15 is 0 Å². The molecule has 0 aromatic carbocycles. The summed E-state index contributed by atoms with van der Waals surface area (Å²) >= 11 is 0. The Labute approximate surface area is 142 Å². The smallest absolute Gasteiger partial charge is 0.172 e. The number of allylic oxidation sites excluding steroid dienone is 1. The first-order valence-corrected chi connectivity index (χ1v) is 8.51. The summed E-state index contributed by atoms with van der Waals surface area (Å²) in [6.45, 7) is 5.32. The number of ether oxygens (including phenoxy) is 1. The van der Waals surface area contributed by atoms with Gasteiger partial charge in [0.25, 0.3) is 0 Å². The Balaban J connectivity index is 1.85. The molecule has 0 radical (unpaired) electrons. The van der Waals surface area contributed by atoms with Crippen molar-refractivity contribution in [1.82, 2.24) is 14.8 Å². The summed E-state index contributed by atoms with van der Waals surface area (Å²) in [4.78, 5) is 15.4. The molecule has 5 nitrogen and oxygen atoms in total. The highest BCUT2D eigenvalue weighted by atomic mass is 16.5. The fourth-order valence-corrected chi connectivity index (χ4v) is 3.21. The van der Waals surface area contributed by atoms with E-state index in [0.29, 0.717) is 18.1 Å². The van der Waals surface area contributed by atoms with E-state index in [-0.39, 0.29) is 0 Å². The van der Waals surface area contributed by atoms with E-state index in [9.17, 15) is 4.79 Å². The van der Waals surface area contributed by atoms with E-state index in [2.05, 4.69) is 23.1 Å². The maximum Gasteiger partial charge on any atom is 0.172 e. The van der Waals surface area contributed by atoms with Gasteiger partial charge in [0, 0.05) is 18.4 Å². The van der Waals surface area contributed by atoms with Gasteiger partial charge in [-0.05, 0) is 68.9 Å². The Morgan fingerprint density at radius 1 is 1.25 bits per heavy atom. The second-order valence-corrected chi connectivity index (χ2v) is 6.06. The minimum atomic E-state index is 0.367. The van der Waals surface area contributed by atoms with E-state index in [4.69, 9.17) is 4.74 Å². The van der Waals surface area contributed by atoms with Crippen molar-refractivity contribution < 1.29 is 9.53 Å². The summed E-state index contributed by atoms with van der Waals surface area (Å²) in [6, 6.07) is 5.77. The van der Waals surface area contributed by atoms with Crippen LogP contribution in [-0.4, -0.2) is 27.7 Å². The molecule has 24 heavy (non-hydrogen) atoms. The predicted molar refractivity (Wildman–Crippen MR) is 93.1 cm³/mol. The highest BCUT2D eigenvalue weighted by molar-refractivity contribution is 5.76. The average molecular weight is 325 g/mol. The number of nitrogens with zero attached hydrogens (tertiary/aromatic N) is 3. The lowest BCUT2D eigenvalue weighted by molar-refractivity contribution is 0.111. The number of aldehydes is 1. The lowest BCUT2D eigenvalue weighted by atomic mass is 9.90. The molecular formula is C19H23N3O2. The fourth-order valence-electron chi connectivity index (χ4n) is 3.21. The van der Waals surface area contributed by atoms with Crippen molar-refractivity contribution in [1.29, 1.82) is 0 Å². The third kappa shape index (κ3) is 3.40. The maximum absolute atomic E-state index is 11.2. The van der Waals surface area contributed by atoms with E-state index in [1.807, 2.05) is 29.9 Å². The number of hydrogen-bond acceptors (Lipinski definition) is 4. The predicted octanol–water partition coefficient (Wildman–Crippen LogP) is 3.83. The highest BCUT2D eigenvalue weighted by Gasteiger charge is 2.18. The van der Waals surface area contributed by atoms with E-state index in [0.717, 1.165) is 31.4 Å². The van der Waals surface area contributed by atoms with Crippen molar-refractivity contribution in [3.05, 3.63) is 47.1 Å². The standard InChI is InChI=1S/C19H23N3O2/c1-3-22-18(10-11-20-22)16-7-5-4-6-15(16)13-24-19-9-8-14(2)21-17(19)12-23/h8-12H,3-7,13H2,1-2H3. The molecule has 5 heteroatoms. The number of aromatic nitrogens is 3. The van der Waals surface area contributed by atoms with E-state index < -0.39 is 0 Å². The van der Waals surface area contributed by atoms with Crippen molar-refractivity contribution in [2.24, 2.45) is 0 Å². The van der Waals surface area contributed by atoms with Crippen LogP contribution in [0, 0.1) is 6.92 Å². The molecule has 0 aliphatic heterocycles. The van der Waals surface area contributed by atoms with Crippen LogP contribution in [0.2, 0.25) is 0 Å². The molecule has 0 unspecified atom stereocenters. The topological polar surface area (TPSA) is 57.0 Å². The Kier molecular flexibility index (Phi) is 5.08. The van der Waals surface area contributed by atoms with Crippen molar-refractivity contribution in [2.75, 3.05) is 6.61 Å². The minimum absolute atomic E-state index is 0.367. The lowest BCUT2D eigenvalue weighted by Gasteiger charge is -2.21. The molecule has 0 saturated heterocycles. The zero-order chi connectivity index (χ0) is 16.9. The molecule has 0 bridgehead atoms. The molecule has 0 N–H and O–H groups in total. The molecule has 2 aromatic rings. The van der Waals surface area contributed by atoms with Crippen LogP contribution in [0.3, 0.4) is 0 Å². The Morgan fingerprint density at radius 2 is 2.08 bits per heavy atom. The van der Waals surface area contributed by atoms with Crippen LogP contribution < -0.4 is 4.74 Å². The first-order valence-electron chi connectivity index (χ1n) is 8.51. The zero-order valence-corrected chi connectivity index (χ0v) is 14.3. The van der Waals surface area contributed by atoms with Crippen molar-refractivity contribution >= 4 is 11.9 Å². The average Bonchev–Trinajstić information content (AvgIpc) is 3.09. The van der Waals surface area contributed by atoms with Gasteiger partial charge in [0.15, 0.2) is 6.29 Å². The molecule has 1 aliphatic rings. The van der Waals surface area contributed by atoms with Crippen LogP contribution in [0.15, 0.2) is 30.0 Å². The first-order chi connectivity index (χ1) is 11.7. The van der Waals surface area contributed by atoms with Crippen LogP contribution in [0.5, 0.6) is 5.75 Å². The van der Waals surface area contributed by atoms with Gasteiger partial charge < -0.3 is 4.74 Å². The SMILES string of the molecule is CCn1nccc1C1=C(COc2ccc(C)nc2C=O)CCCC1. The number of aryl methyl sites for hydroxylation is 2. The van der Waals surface area contributed by atoms with Crippen molar-refractivity contribution in [2.45, 2.75) is 46.1 Å². The molecule has 126 valence electrons. The first kappa shape index (κ1) is 16.4. The van der Waals surface area contributed by atoms with Crippen LogP contribution >= 0.6 is 0 Å². The number of rotatable bonds is 6. The normalized spacial score (nSPS) is 14.8. The van der Waals surface area contributed by atoms with Gasteiger partial charge in [-0.25, -0.2) is 4.98 Å². The fraction of sp³-hybridized carbons (Fsp3) is 0.421. The summed E-state index contributed by atoms with van der Waals surface area (Å²) in [5.41, 5.74) is 5.01. The zero-order valence-electron chi connectivity index (χ0n) is 14.3. The maximum atomic E-state index is 11.2. The largest absolute Gasteiger partial charge is 0.487 e. The van der Waals surface area contributed by atoms with Crippen molar-refractivity contribution in [3.8, 4) is 5.75 Å². The number of carbonyl (C=O) groups excluding carboxylic acids is 1.